The molecule has 1 aromatic heterocycles. The van der Waals surface area contributed by atoms with E-state index in [0.717, 1.165) is 95.5 Å². The lowest BCUT2D eigenvalue weighted by Crippen LogP contribution is -2.60. The Morgan fingerprint density at radius 3 is 2.37 bits per heavy atom. The van der Waals surface area contributed by atoms with Crippen molar-refractivity contribution in [2.24, 2.45) is 22.7 Å². The third-order valence-corrected chi connectivity index (χ3v) is 11.7. The van der Waals surface area contributed by atoms with Gasteiger partial charge in [-0.05, 0) is 105 Å². The van der Waals surface area contributed by atoms with E-state index < -0.39 is 11.6 Å². The number of carboxylic acid groups (broad SMARTS) is 1. The van der Waals surface area contributed by atoms with Crippen molar-refractivity contribution in [1.29, 1.82) is 0 Å². The van der Waals surface area contributed by atoms with E-state index in [0.29, 0.717) is 12.3 Å². The molecule has 0 aromatic carbocycles. The van der Waals surface area contributed by atoms with Gasteiger partial charge in [0.25, 0.3) is 0 Å². The van der Waals surface area contributed by atoms with Gasteiger partial charge in [-0.3, -0.25) is 9.59 Å². The summed E-state index contributed by atoms with van der Waals surface area (Å²) in [6, 6.07) is 3.38. The molecule has 3 saturated carbocycles. The Balaban J connectivity index is 1.16. The molecule has 4 aliphatic rings. The Labute approximate surface area is 243 Å². The number of hydrogen-bond donors (Lipinski definition) is 2. The summed E-state index contributed by atoms with van der Waals surface area (Å²) < 4.78 is 11.1. The Morgan fingerprint density at radius 2 is 1.66 bits per heavy atom. The van der Waals surface area contributed by atoms with Gasteiger partial charge in [0.05, 0.1) is 11.9 Å². The zero-order chi connectivity index (χ0) is 29.3. The first-order chi connectivity index (χ1) is 19.6. The van der Waals surface area contributed by atoms with Crippen LogP contribution < -0.4 is 5.63 Å². The molecule has 0 bridgehead atoms. The van der Waals surface area contributed by atoms with E-state index in [4.69, 9.17) is 14.3 Å². The highest BCUT2D eigenvalue weighted by atomic mass is 16.5. The topological polar surface area (TPSA) is 114 Å². The highest BCUT2D eigenvalue weighted by Gasteiger charge is 2.66. The van der Waals surface area contributed by atoms with Crippen molar-refractivity contribution in [3.8, 4) is 0 Å². The van der Waals surface area contributed by atoms with Crippen LogP contribution in [0.25, 0.3) is 0 Å². The average Bonchev–Trinajstić information content (AvgIpc) is 3.21. The Morgan fingerprint density at radius 1 is 0.927 bits per heavy atom. The molecular weight excluding hydrogens is 520 g/mol. The Kier molecular flexibility index (Phi) is 8.84. The molecule has 0 amide bonds. The van der Waals surface area contributed by atoms with Crippen LogP contribution in [0.15, 0.2) is 39.3 Å². The lowest BCUT2D eigenvalue weighted by molar-refractivity contribution is -0.178. The van der Waals surface area contributed by atoms with E-state index in [-0.39, 0.29) is 46.8 Å². The molecule has 5 rings (SSSR count). The van der Waals surface area contributed by atoms with Crippen LogP contribution in [-0.4, -0.2) is 33.9 Å². The maximum atomic E-state index is 12.6. The summed E-state index contributed by atoms with van der Waals surface area (Å²) in [5, 5.41) is 21.1. The predicted octanol–water partition coefficient (Wildman–Crippen LogP) is 6.92. The summed E-state index contributed by atoms with van der Waals surface area (Å²) in [4.78, 5) is 34.7. The van der Waals surface area contributed by atoms with E-state index in [9.17, 15) is 19.5 Å². The van der Waals surface area contributed by atoms with Crippen molar-refractivity contribution in [2.75, 3.05) is 0 Å². The van der Waals surface area contributed by atoms with Crippen molar-refractivity contribution < 1.29 is 29.0 Å². The maximum Gasteiger partial charge on any atom is 0.335 e. The van der Waals surface area contributed by atoms with Gasteiger partial charge in [0, 0.05) is 24.3 Å². The second-order valence-electron chi connectivity index (χ2n) is 13.8. The smallest absolute Gasteiger partial charge is 0.335 e. The number of carbonyl (C=O) groups excluding carboxylic acids is 1. The summed E-state index contributed by atoms with van der Waals surface area (Å²) in [6.45, 7) is 4.64. The number of aliphatic carboxylic acids is 1. The maximum absolute atomic E-state index is 12.6. The molecule has 1 heterocycles. The number of rotatable bonds is 11. The summed E-state index contributed by atoms with van der Waals surface area (Å²) in [7, 11) is 0. The van der Waals surface area contributed by atoms with E-state index in [1.165, 1.54) is 11.6 Å². The van der Waals surface area contributed by atoms with Crippen molar-refractivity contribution >= 4 is 11.9 Å². The second kappa shape index (κ2) is 12.1. The molecule has 0 radical (unpaired) electrons. The lowest BCUT2D eigenvalue weighted by atomic mass is 9.45. The van der Waals surface area contributed by atoms with E-state index in [1.807, 2.05) is 6.07 Å². The van der Waals surface area contributed by atoms with Crippen molar-refractivity contribution in [1.82, 2.24) is 0 Å². The van der Waals surface area contributed by atoms with Crippen LogP contribution in [0.1, 0.15) is 128 Å². The fourth-order valence-corrected chi connectivity index (χ4v) is 9.34. The number of allylic oxidation sites excluding steroid dienone is 1. The van der Waals surface area contributed by atoms with Crippen LogP contribution in [0.5, 0.6) is 0 Å². The van der Waals surface area contributed by atoms with Gasteiger partial charge in [-0.15, -0.1) is 0 Å². The molecule has 41 heavy (non-hydrogen) atoms. The SMILES string of the molecule is C[C@]12CC[C@H](OC(=O)CCCCCCCCC(=O)O)C=C1CCC1C2CC[C@]2(C)[C@@H](c3ccc(=O)oc3)CC[C@]12O. The molecule has 226 valence electrons. The Hall–Kier alpha value is -2.41. The minimum Gasteiger partial charge on any atom is -0.481 e. The molecule has 7 heteroatoms. The normalized spacial score (nSPS) is 36.0. The van der Waals surface area contributed by atoms with Gasteiger partial charge in [0.15, 0.2) is 0 Å². The highest BCUT2D eigenvalue weighted by molar-refractivity contribution is 5.69. The lowest BCUT2D eigenvalue weighted by Gasteiger charge is -2.61. The molecule has 0 saturated heterocycles. The number of hydrogen-bond acceptors (Lipinski definition) is 6. The van der Waals surface area contributed by atoms with Crippen molar-refractivity contribution in [3.63, 3.8) is 0 Å². The van der Waals surface area contributed by atoms with Gasteiger partial charge in [-0.25, -0.2) is 4.79 Å². The monoisotopic (exact) mass is 568 g/mol. The molecule has 7 atom stereocenters. The summed E-state index contributed by atoms with van der Waals surface area (Å²) in [6.07, 6.45) is 17.3. The first kappa shape index (κ1) is 30.1. The minimum absolute atomic E-state index is 0.0289. The highest BCUT2D eigenvalue weighted by Crippen LogP contribution is 2.70. The van der Waals surface area contributed by atoms with Crippen molar-refractivity contribution in [2.45, 2.75) is 134 Å². The number of carboxylic acids is 1. The van der Waals surface area contributed by atoms with Gasteiger partial charge >= 0.3 is 17.6 Å². The molecule has 2 N–H and O–H groups in total. The summed E-state index contributed by atoms with van der Waals surface area (Å²) in [5.74, 6) is -0.00405. The van der Waals surface area contributed by atoms with Crippen LogP contribution in [-0.2, 0) is 14.3 Å². The summed E-state index contributed by atoms with van der Waals surface area (Å²) >= 11 is 0. The van der Waals surface area contributed by atoms with E-state index in [1.54, 1.807) is 6.26 Å². The van der Waals surface area contributed by atoms with E-state index in [2.05, 4.69) is 19.9 Å². The molecule has 2 unspecified atom stereocenters. The number of aliphatic hydroxyl groups is 1. The zero-order valence-electron chi connectivity index (χ0n) is 24.9. The average molecular weight is 569 g/mol. The standard InChI is InChI=1S/C34H48O7/c1-32-18-15-25(41-31(38)10-8-6-4-3-5-7-9-29(35)36)21-24(32)12-13-28-27(32)16-19-33(2)26(17-20-34(28,33)39)23-11-14-30(37)40-22-23/h11,14,21-22,25-28,39H,3-10,12-13,15-20H2,1-2H3,(H,35,36)/t25-,26+,27?,28?,32-,33+,34-/m0/s1. The molecular formula is C34H48O7. The molecule has 7 nitrogen and oxygen atoms in total. The molecule has 0 aliphatic heterocycles. The van der Waals surface area contributed by atoms with Crippen LogP contribution in [0, 0.1) is 22.7 Å². The number of fused-ring (bicyclic) bond motifs is 5. The van der Waals surface area contributed by atoms with Crippen LogP contribution in [0.3, 0.4) is 0 Å². The van der Waals surface area contributed by atoms with Gasteiger partial charge in [0.2, 0.25) is 0 Å². The first-order valence-electron chi connectivity index (χ1n) is 16.0. The molecule has 4 aliphatic carbocycles. The minimum atomic E-state index is -0.734. The fourth-order valence-electron chi connectivity index (χ4n) is 9.34. The fraction of sp³-hybridized carbons (Fsp3) is 0.735. The quantitative estimate of drug-likeness (QED) is 0.169. The first-order valence-corrected chi connectivity index (χ1v) is 16.0. The number of unbranched alkanes of at least 4 members (excludes halogenated alkanes) is 5. The van der Waals surface area contributed by atoms with Gasteiger partial charge in [0.1, 0.15) is 6.10 Å². The molecule has 1 aromatic rings. The third-order valence-electron chi connectivity index (χ3n) is 11.7. The van der Waals surface area contributed by atoms with Gasteiger partial charge in [-0.2, -0.15) is 0 Å². The largest absolute Gasteiger partial charge is 0.481 e. The zero-order valence-corrected chi connectivity index (χ0v) is 24.9. The van der Waals surface area contributed by atoms with Gasteiger partial charge < -0.3 is 19.4 Å². The number of carbonyl (C=O) groups is 2. The van der Waals surface area contributed by atoms with Gasteiger partial charge in [-0.1, -0.05) is 45.1 Å². The number of ether oxygens (including phenoxy) is 1. The third kappa shape index (κ3) is 5.80. The molecule has 0 spiro atoms. The van der Waals surface area contributed by atoms with Crippen LogP contribution in [0.2, 0.25) is 0 Å². The van der Waals surface area contributed by atoms with E-state index >= 15 is 0 Å². The number of esters is 1. The molecule has 3 fully saturated rings. The second-order valence-corrected chi connectivity index (χ2v) is 13.8. The summed E-state index contributed by atoms with van der Waals surface area (Å²) in [5.41, 5.74) is 1.17. The predicted molar refractivity (Wildman–Crippen MR) is 155 cm³/mol. The van der Waals surface area contributed by atoms with Crippen LogP contribution in [0.4, 0.5) is 0 Å². The van der Waals surface area contributed by atoms with Crippen molar-refractivity contribution in [3.05, 3.63) is 46.0 Å². The Bertz CT molecular complexity index is 1180. The van der Waals surface area contributed by atoms with Crippen LogP contribution >= 0.6 is 0 Å².